The van der Waals surface area contributed by atoms with Gasteiger partial charge in [0, 0.05) is 23.9 Å². The lowest BCUT2D eigenvalue weighted by Crippen LogP contribution is -2.10. The summed E-state index contributed by atoms with van der Waals surface area (Å²) < 4.78 is 21.5. The molecule has 0 bridgehead atoms. The van der Waals surface area contributed by atoms with E-state index in [1.165, 1.54) is 6.07 Å². The second-order valence-electron chi connectivity index (χ2n) is 6.72. The maximum Gasteiger partial charge on any atom is 0.336 e. The van der Waals surface area contributed by atoms with Crippen molar-refractivity contribution >= 4 is 16.9 Å². The van der Waals surface area contributed by atoms with Crippen LogP contribution >= 0.6 is 0 Å². The first-order chi connectivity index (χ1) is 13.5. The number of ether oxygens (including phenoxy) is 3. The van der Waals surface area contributed by atoms with Crippen molar-refractivity contribution in [2.24, 2.45) is 0 Å². The minimum absolute atomic E-state index is 0.220. The molecule has 1 aliphatic rings. The first-order valence-electron chi connectivity index (χ1n) is 9.20. The van der Waals surface area contributed by atoms with Gasteiger partial charge in [0.25, 0.3) is 0 Å². The van der Waals surface area contributed by atoms with Crippen LogP contribution in [0.3, 0.4) is 0 Å². The molecule has 0 unspecified atom stereocenters. The van der Waals surface area contributed by atoms with Crippen molar-refractivity contribution < 1.29 is 23.4 Å². The number of benzene rings is 2. The van der Waals surface area contributed by atoms with Gasteiger partial charge in [0.05, 0.1) is 0 Å². The van der Waals surface area contributed by atoms with Gasteiger partial charge in [-0.15, -0.1) is 0 Å². The molecule has 1 aromatic heterocycles. The van der Waals surface area contributed by atoms with Gasteiger partial charge in [-0.1, -0.05) is 13.0 Å². The van der Waals surface area contributed by atoms with Gasteiger partial charge in [-0.3, -0.25) is 4.79 Å². The van der Waals surface area contributed by atoms with Crippen molar-refractivity contribution in [3.05, 3.63) is 63.5 Å². The maximum absolute atomic E-state index is 12.4. The van der Waals surface area contributed by atoms with E-state index in [1.807, 2.05) is 38.1 Å². The number of carbonyl (C=O) groups excluding carboxylic acids is 1. The van der Waals surface area contributed by atoms with Gasteiger partial charge >= 0.3 is 11.6 Å². The number of aryl methyl sites for hydroxylation is 3. The highest BCUT2D eigenvalue weighted by Crippen LogP contribution is 2.33. The second-order valence-corrected chi connectivity index (χ2v) is 6.72. The third-order valence-electron chi connectivity index (χ3n) is 4.79. The van der Waals surface area contributed by atoms with E-state index < -0.39 is 5.63 Å². The van der Waals surface area contributed by atoms with E-state index in [9.17, 15) is 9.59 Å². The van der Waals surface area contributed by atoms with Crippen molar-refractivity contribution in [2.45, 2.75) is 33.1 Å². The van der Waals surface area contributed by atoms with Crippen LogP contribution in [0.5, 0.6) is 17.2 Å². The molecular formula is C22H20O6. The zero-order valence-electron chi connectivity index (χ0n) is 15.7. The van der Waals surface area contributed by atoms with Gasteiger partial charge in [-0.2, -0.15) is 0 Å². The summed E-state index contributed by atoms with van der Waals surface area (Å²) in [6.45, 7) is 4.06. The van der Waals surface area contributed by atoms with Crippen molar-refractivity contribution in [1.29, 1.82) is 0 Å². The summed E-state index contributed by atoms with van der Waals surface area (Å²) in [6.07, 6.45) is 1.44. The SMILES string of the molecule is CCc1cc2c(C)cc(=O)oc2cc1OC(=O)CCc1ccc2c(c1)OCO2. The van der Waals surface area contributed by atoms with E-state index in [0.717, 1.165) is 22.1 Å². The first-order valence-corrected chi connectivity index (χ1v) is 9.20. The number of hydrogen-bond donors (Lipinski definition) is 0. The van der Waals surface area contributed by atoms with E-state index in [0.29, 0.717) is 35.7 Å². The molecule has 0 N–H and O–H groups in total. The number of esters is 1. The molecule has 2 heterocycles. The molecule has 6 heteroatoms. The average molecular weight is 380 g/mol. The van der Waals surface area contributed by atoms with E-state index >= 15 is 0 Å². The summed E-state index contributed by atoms with van der Waals surface area (Å²) in [5.41, 5.74) is 2.69. The van der Waals surface area contributed by atoms with Crippen molar-refractivity contribution in [2.75, 3.05) is 6.79 Å². The summed E-state index contributed by atoms with van der Waals surface area (Å²) in [5.74, 6) is 1.49. The van der Waals surface area contributed by atoms with Crippen molar-refractivity contribution in [1.82, 2.24) is 0 Å². The van der Waals surface area contributed by atoms with Crippen LogP contribution in [0.2, 0.25) is 0 Å². The molecule has 0 atom stereocenters. The van der Waals surface area contributed by atoms with Crippen LogP contribution in [0.25, 0.3) is 11.0 Å². The molecule has 1 aliphatic heterocycles. The fourth-order valence-electron chi connectivity index (χ4n) is 3.28. The molecule has 2 aromatic carbocycles. The zero-order chi connectivity index (χ0) is 19.7. The molecule has 0 radical (unpaired) electrons. The Bertz CT molecular complexity index is 1110. The highest BCUT2D eigenvalue weighted by molar-refractivity contribution is 5.84. The van der Waals surface area contributed by atoms with Crippen molar-refractivity contribution in [3.63, 3.8) is 0 Å². The van der Waals surface area contributed by atoms with Gasteiger partial charge in [-0.05, 0) is 54.7 Å². The predicted octanol–water partition coefficient (Wildman–Crippen LogP) is 3.93. The van der Waals surface area contributed by atoms with Gasteiger partial charge in [0.2, 0.25) is 6.79 Å². The summed E-state index contributed by atoms with van der Waals surface area (Å²) in [5, 5.41) is 0.844. The second kappa shape index (κ2) is 7.38. The molecule has 3 aromatic rings. The van der Waals surface area contributed by atoms with Crippen LogP contribution in [-0.4, -0.2) is 12.8 Å². The molecule has 0 saturated carbocycles. The Morgan fingerprint density at radius 1 is 1.11 bits per heavy atom. The summed E-state index contributed by atoms with van der Waals surface area (Å²) in [6, 6.07) is 10.6. The zero-order valence-corrected chi connectivity index (χ0v) is 15.7. The Labute approximate surface area is 161 Å². The van der Waals surface area contributed by atoms with Crippen LogP contribution in [0, 0.1) is 6.92 Å². The van der Waals surface area contributed by atoms with Crippen LogP contribution in [-0.2, 0) is 17.6 Å². The minimum Gasteiger partial charge on any atom is -0.454 e. The van der Waals surface area contributed by atoms with Crippen LogP contribution in [0.4, 0.5) is 0 Å². The first kappa shape index (κ1) is 18.1. The summed E-state index contributed by atoms with van der Waals surface area (Å²) >= 11 is 0. The predicted molar refractivity (Wildman–Crippen MR) is 103 cm³/mol. The average Bonchev–Trinajstić information content (AvgIpc) is 3.13. The molecule has 0 saturated heterocycles. The van der Waals surface area contributed by atoms with Gasteiger partial charge in [0.1, 0.15) is 11.3 Å². The van der Waals surface area contributed by atoms with E-state index in [2.05, 4.69) is 0 Å². The third kappa shape index (κ3) is 3.58. The Kier molecular flexibility index (Phi) is 4.77. The smallest absolute Gasteiger partial charge is 0.336 e. The van der Waals surface area contributed by atoms with E-state index in [1.54, 1.807) is 6.07 Å². The quantitative estimate of drug-likeness (QED) is 0.379. The number of carbonyl (C=O) groups is 1. The lowest BCUT2D eigenvalue weighted by molar-refractivity contribution is -0.134. The van der Waals surface area contributed by atoms with E-state index in [-0.39, 0.29) is 19.2 Å². The fourth-order valence-corrected chi connectivity index (χ4v) is 3.28. The lowest BCUT2D eigenvalue weighted by Gasteiger charge is -2.11. The Morgan fingerprint density at radius 2 is 1.93 bits per heavy atom. The highest BCUT2D eigenvalue weighted by Gasteiger charge is 2.16. The molecule has 0 aliphatic carbocycles. The maximum atomic E-state index is 12.4. The molecule has 0 fully saturated rings. The molecule has 0 spiro atoms. The van der Waals surface area contributed by atoms with E-state index in [4.69, 9.17) is 18.6 Å². The van der Waals surface area contributed by atoms with Crippen molar-refractivity contribution in [3.8, 4) is 17.2 Å². The summed E-state index contributed by atoms with van der Waals surface area (Å²) in [4.78, 5) is 24.0. The van der Waals surface area contributed by atoms with Crippen LogP contribution in [0.15, 0.2) is 45.6 Å². The van der Waals surface area contributed by atoms with Gasteiger partial charge in [-0.25, -0.2) is 4.79 Å². The van der Waals surface area contributed by atoms with Gasteiger partial charge < -0.3 is 18.6 Å². The topological polar surface area (TPSA) is 75.0 Å². The monoisotopic (exact) mass is 380 g/mol. The molecule has 4 rings (SSSR count). The largest absolute Gasteiger partial charge is 0.454 e. The Balaban J connectivity index is 1.50. The molecule has 6 nitrogen and oxygen atoms in total. The normalized spacial score (nSPS) is 12.4. The van der Waals surface area contributed by atoms with Crippen LogP contribution in [0.1, 0.15) is 30.0 Å². The number of rotatable bonds is 5. The standard InChI is InChI=1S/C22H20O6/c1-3-15-10-16-13(2)8-22(24)28-19(16)11-18(15)27-21(23)7-5-14-4-6-17-20(9-14)26-12-25-17/h4,6,8-11H,3,5,7,12H2,1-2H3. The third-order valence-corrected chi connectivity index (χ3v) is 4.79. The molecule has 144 valence electrons. The molecule has 0 amide bonds. The Hall–Kier alpha value is -3.28. The number of hydrogen-bond acceptors (Lipinski definition) is 6. The number of fused-ring (bicyclic) bond motifs is 2. The molecule has 28 heavy (non-hydrogen) atoms. The molecular weight excluding hydrogens is 360 g/mol. The highest BCUT2D eigenvalue weighted by atomic mass is 16.7. The fraction of sp³-hybridized carbons (Fsp3) is 0.273. The van der Waals surface area contributed by atoms with Gasteiger partial charge in [0.15, 0.2) is 11.5 Å². The summed E-state index contributed by atoms with van der Waals surface area (Å²) in [7, 11) is 0. The Morgan fingerprint density at radius 3 is 2.75 bits per heavy atom. The lowest BCUT2D eigenvalue weighted by atomic mass is 10.1. The van der Waals surface area contributed by atoms with Crippen LogP contribution < -0.4 is 19.8 Å². The minimum atomic E-state index is -0.422.